The van der Waals surface area contributed by atoms with Crippen molar-refractivity contribution in [3.8, 4) is 0 Å². The van der Waals surface area contributed by atoms with Crippen LogP contribution in [0.3, 0.4) is 0 Å². The van der Waals surface area contributed by atoms with Crippen molar-refractivity contribution < 1.29 is 8.42 Å². The van der Waals surface area contributed by atoms with Gasteiger partial charge in [-0.15, -0.1) is 0 Å². The van der Waals surface area contributed by atoms with Crippen molar-refractivity contribution in [3.63, 3.8) is 0 Å². The lowest BCUT2D eigenvalue weighted by Crippen LogP contribution is -2.35. The Hall–Kier alpha value is -0.980. The summed E-state index contributed by atoms with van der Waals surface area (Å²) in [5, 5.41) is 0. The zero-order chi connectivity index (χ0) is 14.8. The average molecular weight is 312 g/mol. The molecule has 20 heavy (non-hydrogen) atoms. The van der Waals surface area contributed by atoms with Crippen molar-refractivity contribution in [1.29, 1.82) is 0 Å². The Morgan fingerprint density at radius 3 is 2.60 bits per heavy atom. The van der Waals surface area contributed by atoms with E-state index in [9.17, 15) is 8.42 Å². The monoisotopic (exact) mass is 312 g/mol. The fourth-order valence-corrected chi connectivity index (χ4v) is 4.43. The number of nitrogens with zero attached hydrogens (tertiary/aromatic N) is 1. The summed E-state index contributed by atoms with van der Waals surface area (Å²) in [5.41, 5.74) is 7.00. The molecule has 0 spiro atoms. The standard InChI is InChI=1S/C14H20N2O2S2/c1-2-9-16(12-7-8-12)20(17,18)10-11-5-3-4-6-13(11)14(15)19/h3-6,12H,2,7-10H2,1H3,(H2,15,19). The molecular weight excluding hydrogens is 292 g/mol. The first-order chi connectivity index (χ1) is 9.45. The van der Waals surface area contributed by atoms with E-state index in [1.807, 2.05) is 19.1 Å². The van der Waals surface area contributed by atoms with Crippen LogP contribution in [0.2, 0.25) is 0 Å². The predicted molar refractivity (Wildman–Crippen MR) is 85.0 cm³/mol. The molecule has 4 nitrogen and oxygen atoms in total. The number of sulfonamides is 1. The zero-order valence-corrected chi connectivity index (χ0v) is 13.2. The van der Waals surface area contributed by atoms with E-state index >= 15 is 0 Å². The van der Waals surface area contributed by atoms with Crippen molar-refractivity contribution in [1.82, 2.24) is 4.31 Å². The fraction of sp³-hybridized carbons (Fsp3) is 0.500. The molecule has 0 aromatic heterocycles. The Bertz CT molecular complexity index is 595. The van der Waals surface area contributed by atoms with Gasteiger partial charge in [0.15, 0.2) is 0 Å². The summed E-state index contributed by atoms with van der Waals surface area (Å²) in [6, 6.07) is 7.37. The zero-order valence-electron chi connectivity index (χ0n) is 11.6. The molecule has 0 bridgehead atoms. The molecule has 0 heterocycles. The second kappa shape index (κ2) is 6.20. The molecule has 110 valence electrons. The highest BCUT2D eigenvalue weighted by molar-refractivity contribution is 7.88. The summed E-state index contributed by atoms with van der Waals surface area (Å²) in [6.07, 6.45) is 2.76. The van der Waals surface area contributed by atoms with Crippen molar-refractivity contribution in [3.05, 3.63) is 35.4 Å². The van der Waals surface area contributed by atoms with E-state index in [0.29, 0.717) is 17.7 Å². The average Bonchev–Trinajstić information content (AvgIpc) is 3.19. The lowest BCUT2D eigenvalue weighted by atomic mass is 10.1. The van der Waals surface area contributed by atoms with Crippen LogP contribution in [0.25, 0.3) is 0 Å². The van der Waals surface area contributed by atoms with Crippen LogP contribution in [0.15, 0.2) is 24.3 Å². The maximum absolute atomic E-state index is 12.6. The van der Waals surface area contributed by atoms with E-state index in [2.05, 4.69) is 0 Å². The number of thiocarbonyl (C=S) groups is 1. The van der Waals surface area contributed by atoms with Gasteiger partial charge in [-0.2, -0.15) is 4.31 Å². The lowest BCUT2D eigenvalue weighted by molar-refractivity contribution is 0.402. The number of hydrogen-bond acceptors (Lipinski definition) is 3. The van der Waals surface area contributed by atoms with E-state index in [1.54, 1.807) is 16.4 Å². The van der Waals surface area contributed by atoms with Crippen molar-refractivity contribution in [2.24, 2.45) is 5.73 Å². The summed E-state index contributed by atoms with van der Waals surface area (Å²) in [4.78, 5) is 0.240. The quantitative estimate of drug-likeness (QED) is 0.783. The van der Waals surface area contributed by atoms with Gasteiger partial charge < -0.3 is 5.73 Å². The maximum atomic E-state index is 12.6. The maximum Gasteiger partial charge on any atom is 0.218 e. The molecule has 1 saturated carbocycles. The van der Waals surface area contributed by atoms with E-state index in [-0.39, 0.29) is 16.8 Å². The Morgan fingerprint density at radius 2 is 2.05 bits per heavy atom. The number of rotatable bonds is 7. The highest BCUT2D eigenvalue weighted by Gasteiger charge is 2.36. The van der Waals surface area contributed by atoms with Gasteiger partial charge in [-0.25, -0.2) is 8.42 Å². The van der Waals surface area contributed by atoms with Gasteiger partial charge in [0, 0.05) is 18.2 Å². The van der Waals surface area contributed by atoms with E-state index < -0.39 is 10.0 Å². The van der Waals surface area contributed by atoms with Crippen LogP contribution in [0.4, 0.5) is 0 Å². The van der Waals surface area contributed by atoms with Crippen LogP contribution >= 0.6 is 12.2 Å². The first-order valence-corrected chi connectivity index (χ1v) is 8.84. The van der Waals surface area contributed by atoms with Gasteiger partial charge in [0.1, 0.15) is 4.99 Å². The molecule has 0 atom stereocenters. The molecule has 1 aromatic carbocycles. The fourth-order valence-electron chi connectivity index (χ4n) is 2.30. The minimum atomic E-state index is -3.31. The number of nitrogens with two attached hydrogens (primary N) is 1. The van der Waals surface area contributed by atoms with E-state index in [0.717, 1.165) is 19.3 Å². The second-order valence-electron chi connectivity index (χ2n) is 5.12. The third-order valence-electron chi connectivity index (χ3n) is 3.38. The third kappa shape index (κ3) is 3.56. The minimum absolute atomic E-state index is 0.0307. The Kier molecular flexibility index (Phi) is 4.78. The van der Waals surface area contributed by atoms with Gasteiger partial charge in [-0.1, -0.05) is 43.4 Å². The van der Waals surface area contributed by atoms with Crippen LogP contribution in [0, 0.1) is 0 Å². The van der Waals surface area contributed by atoms with Crippen molar-refractivity contribution >= 4 is 27.2 Å². The smallest absolute Gasteiger partial charge is 0.218 e. The molecule has 1 aromatic rings. The Balaban J connectivity index is 2.25. The van der Waals surface area contributed by atoms with Crippen molar-refractivity contribution in [2.45, 2.75) is 38.0 Å². The summed E-state index contributed by atoms with van der Waals surface area (Å²) >= 11 is 4.99. The van der Waals surface area contributed by atoms with Crippen LogP contribution in [0.1, 0.15) is 37.3 Å². The molecule has 0 radical (unpaired) electrons. The molecule has 1 aliphatic rings. The molecule has 0 unspecified atom stereocenters. The van der Waals surface area contributed by atoms with Crippen LogP contribution in [-0.4, -0.2) is 30.3 Å². The highest BCUT2D eigenvalue weighted by atomic mass is 32.2. The molecule has 2 rings (SSSR count). The normalized spacial score (nSPS) is 15.5. The first kappa shape index (κ1) is 15.4. The molecule has 0 saturated heterocycles. The number of benzene rings is 1. The van der Waals surface area contributed by atoms with Crippen LogP contribution in [0.5, 0.6) is 0 Å². The van der Waals surface area contributed by atoms with Gasteiger partial charge >= 0.3 is 0 Å². The van der Waals surface area contributed by atoms with E-state index in [1.165, 1.54) is 0 Å². The summed E-state index contributed by atoms with van der Waals surface area (Å²) in [6.45, 7) is 2.58. The second-order valence-corrected chi connectivity index (χ2v) is 7.48. The topological polar surface area (TPSA) is 63.4 Å². The molecule has 2 N–H and O–H groups in total. The third-order valence-corrected chi connectivity index (χ3v) is 5.47. The Morgan fingerprint density at radius 1 is 1.40 bits per heavy atom. The predicted octanol–water partition coefficient (Wildman–Crippen LogP) is 2.02. The summed E-state index contributed by atoms with van der Waals surface area (Å²) < 4.78 is 26.8. The molecule has 6 heteroatoms. The molecule has 1 aliphatic carbocycles. The molecule has 0 amide bonds. The summed E-state index contributed by atoms with van der Waals surface area (Å²) in [7, 11) is -3.31. The highest BCUT2D eigenvalue weighted by Crippen LogP contribution is 2.31. The van der Waals surface area contributed by atoms with Crippen LogP contribution < -0.4 is 5.73 Å². The minimum Gasteiger partial charge on any atom is -0.389 e. The molecular formula is C14H20N2O2S2. The number of hydrogen-bond donors (Lipinski definition) is 1. The van der Waals surface area contributed by atoms with Gasteiger partial charge in [0.25, 0.3) is 0 Å². The van der Waals surface area contributed by atoms with Crippen LogP contribution in [-0.2, 0) is 15.8 Å². The first-order valence-electron chi connectivity index (χ1n) is 6.83. The molecule has 0 aliphatic heterocycles. The lowest BCUT2D eigenvalue weighted by Gasteiger charge is -2.21. The van der Waals surface area contributed by atoms with Gasteiger partial charge in [0.05, 0.1) is 5.75 Å². The van der Waals surface area contributed by atoms with Gasteiger partial charge in [-0.05, 0) is 24.8 Å². The Labute approximate surface area is 126 Å². The SMILES string of the molecule is CCCN(C1CC1)S(=O)(=O)Cc1ccccc1C(N)=S. The largest absolute Gasteiger partial charge is 0.389 e. The molecule has 1 fully saturated rings. The van der Waals surface area contributed by atoms with Gasteiger partial charge in [0.2, 0.25) is 10.0 Å². The van der Waals surface area contributed by atoms with E-state index in [4.69, 9.17) is 18.0 Å². The summed E-state index contributed by atoms with van der Waals surface area (Å²) in [5.74, 6) is -0.0307. The van der Waals surface area contributed by atoms with Crippen molar-refractivity contribution in [2.75, 3.05) is 6.54 Å². The van der Waals surface area contributed by atoms with Gasteiger partial charge in [-0.3, -0.25) is 0 Å².